The van der Waals surface area contributed by atoms with Crippen molar-refractivity contribution in [2.24, 2.45) is 10.2 Å². The number of hydrogen-bond donors (Lipinski definition) is 3. The molecule has 2 amide bonds. The summed E-state index contributed by atoms with van der Waals surface area (Å²) in [6.45, 7) is -0.399. The van der Waals surface area contributed by atoms with E-state index in [1.54, 1.807) is 60.8 Å². The van der Waals surface area contributed by atoms with Crippen LogP contribution in [0.3, 0.4) is 0 Å². The molecule has 3 heterocycles. The highest BCUT2D eigenvalue weighted by Gasteiger charge is 2.19. The predicted molar refractivity (Wildman–Crippen MR) is 129 cm³/mol. The Hall–Kier alpha value is -4.38. The Labute approximate surface area is 200 Å². The van der Waals surface area contributed by atoms with Gasteiger partial charge >= 0.3 is 6.03 Å². The number of para-hydroxylation sites is 2. The molecule has 0 fully saturated rings. The number of carbonyl (C=O) groups is 2. The van der Waals surface area contributed by atoms with Crippen LogP contribution in [-0.4, -0.2) is 43.1 Å². The van der Waals surface area contributed by atoms with E-state index in [4.69, 9.17) is 0 Å². The summed E-state index contributed by atoms with van der Waals surface area (Å²) in [7, 11) is 0. The van der Waals surface area contributed by atoms with Gasteiger partial charge in [0.25, 0.3) is 5.91 Å². The molecule has 168 valence electrons. The minimum Gasteiger partial charge on any atom is -0.493 e. The molecule has 0 aliphatic carbocycles. The molecule has 0 saturated carbocycles. The number of halogens is 1. The fraction of sp³-hybridized carbons (Fsp3) is 0.0435. The standard InChI is InChI=1S/C23H16BrN7O3/c24-13-8-9-15-14(11-13)20(22(33)28-15)30-29-19(32)12-26-23(34)31-18-7-2-1-5-16(18)27-21(31)17-6-3-4-10-25-17/h1-11,28,33H,12H2,(H,26,34). The first-order valence-electron chi connectivity index (χ1n) is 10.1. The highest BCUT2D eigenvalue weighted by molar-refractivity contribution is 9.10. The van der Waals surface area contributed by atoms with E-state index in [0.717, 1.165) is 4.47 Å². The summed E-state index contributed by atoms with van der Waals surface area (Å²) >= 11 is 3.36. The fourth-order valence-electron chi connectivity index (χ4n) is 3.51. The number of benzene rings is 2. The first kappa shape index (κ1) is 21.5. The molecule has 3 aromatic heterocycles. The lowest BCUT2D eigenvalue weighted by Gasteiger charge is -2.08. The van der Waals surface area contributed by atoms with Crippen LogP contribution < -0.4 is 5.32 Å². The third-order valence-corrected chi connectivity index (χ3v) is 5.52. The monoisotopic (exact) mass is 517 g/mol. The molecular weight excluding hydrogens is 502 g/mol. The van der Waals surface area contributed by atoms with Crippen molar-refractivity contribution < 1.29 is 14.7 Å². The second kappa shape index (κ2) is 8.87. The molecule has 3 N–H and O–H groups in total. The molecule has 0 aliphatic heterocycles. The molecular formula is C23H16BrN7O3. The number of azo groups is 1. The molecule has 5 rings (SSSR count). The molecule has 0 spiro atoms. The van der Waals surface area contributed by atoms with Crippen LogP contribution in [0.4, 0.5) is 10.5 Å². The Morgan fingerprint density at radius 3 is 2.76 bits per heavy atom. The first-order valence-corrected chi connectivity index (χ1v) is 10.9. The van der Waals surface area contributed by atoms with E-state index >= 15 is 0 Å². The zero-order valence-electron chi connectivity index (χ0n) is 17.4. The van der Waals surface area contributed by atoms with Gasteiger partial charge in [0.05, 0.1) is 16.6 Å². The van der Waals surface area contributed by atoms with E-state index < -0.39 is 18.5 Å². The zero-order valence-corrected chi connectivity index (χ0v) is 19.0. The topological polar surface area (TPSA) is 138 Å². The van der Waals surface area contributed by atoms with E-state index in [9.17, 15) is 14.7 Å². The fourth-order valence-corrected chi connectivity index (χ4v) is 3.87. The van der Waals surface area contributed by atoms with E-state index in [0.29, 0.717) is 33.5 Å². The Bertz CT molecular complexity index is 1570. The van der Waals surface area contributed by atoms with Crippen LogP contribution in [0.15, 0.2) is 81.6 Å². The SMILES string of the molecule is O=C(CNC(=O)n1c(-c2ccccn2)nc2ccccc21)N=Nc1c(O)[nH]c2ccc(Br)cc12. The van der Waals surface area contributed by atoms with E-state index in [-0.39, 0.29) is 11.6 Å². The van der Waals surface area contributed by atoms with Gasteiger partial charge in [-0.05, 0) is 42.5 Å². The summed E-state index contributed by atoms with van der Waals surface area (Å²) in [6.07, 6.45) is 1.61. The first-order chi connectivity index (χ1) is 16.5. The highest BCUT2D eigenvalue weighted by Crippen LogP contribution is 2.36. The number of nitrogens with one attached hydrogen (secondary N) is 2. The Kier molecular flexibility index (Phi) is 5.60. The van der Waals surface area contributed by atoms with Gasteiger partial charge in [-0.15, -0.1) is 10.2 Å². The Balaban J connectivity index is 1.37. The molecule has 10 nitrogen and oxygen atoms in total. The van der Waals surface area contributed by atoms with Crippen molar-refractivity contribution in [2.75, 3.05) is 6.54 Å². The summed E-state index contributed by atoms with van der Waals surface area (Å²) in [5.74, 6) is -0.554. The van der Waals surface area contributed by atoms with Crippen LogP contribution >= 0.6 is 15.9 Å². The molecule has 5 aromatic rings. The maximum absolute atomic E-state index is 13.0. The smallest absolute Gasteiger partial charge is 0.328 e. The van der Waals surface area contributed by atoms with Crippen molar-refractivity contribution in [1.82, 2.24) is 24.8 Å². The lowest BCUT2D eigenvalue weighted by atomic mass is 10.2. The maximum Gasteiger partial charge on any atom is 0.328 e. The average Bonchev–Trinajstić information content (AvgIpc) is 3.39. The Morgan fingerprint density at radius 1 is 1.12 bits per heavy atom. The number of aromatic hydroxyl groups is 1. The third-order valence-electron chi connectivity index (χ3n) is 5.02. The minimum atomic E-state index is -0.694. The van der Waals surface area contributed by atoms with Crippen LogP contribution in [0.5, 0.6) is 5.88 Å². The van der Waals surface area contributed by atoms with Crippen molar-refractivity contribution in [3.8, 4) is 17.4 Å². The molecule has 0 saturated heterocycles. The average molecular weight is 518 g/mol. The van der Waals surface area contributed by atoms with Gasteiger partial charge in [-0.25, -0.2) is 14.3 Å². The molecule has 0 unspecified atom stereocenters. The second-order valence-electron chi connectivity index (χ2n) is 7.24. The van der Waals surface area contributed by atoms with Crippen LogP contribution in [0.2, 0.25) is 0 Å². The van der Waals surface area contributed by atoms with Crippen LogP contribution in [-0.2, 0) is 4.79 Å². The number of aromatic amines is 1. The Morgan fingerprint density at radius 2 is 1.94 bits per heavy atom. The molecule has 0 aliphatic rings. The van der Waals surface area contributed by atoms with Gasteiger partial charge in [-0.3, -0.25) is 9.78 Å². The van der Waals surface area contributed by atoms with Gasteiger partial charge in [-0.2, -0.15) is 0 Å². The number of fused-ring (bicyclic) bond motifs is 2. The second-order valence-corrected chi connectivity index (χ2v) is 8.15. The van der Waals surface area contributed by atoms with E-state index in [2.05, 4.69) is 46.4 Å². The minimum absolute atomic E-state index is 0.133. The summed E-state index contributed by atoms with van der Waals surface area (Å²) in [6, 6.07) is 17.2. The van der Waals surface area contributed by atoms with Crippen LogP contribution in [0.25, 0.3) is 33.5 Å². The van der Waals surface area contributed by atoms with Crippen molar-refractivity contribution >= 4 is 55.5 Å². The number of nitrogens with zero attached hydrogens (tertiary/aromatic N) is 5. The number of imidazole rings is 1. The van der Waals surface area contributed by atoms with Crippen molar-refractivity contribution in [3.05, 3.63) is 71.3 Å². The van der Waals surface area contributed by atoms with Crippen LogP contribution in [0.1, 0.15) is 0 Å². The molecule has 0 radical (unpaired) electrons. The lowest BCUT2D eigenvalue weighted by molar-refractivity contribution is -0.117. The quantitative estimate of drug-likeness (QED) is 0.290. The predicted octanol–water partition coefficient (Wildman–Crippen LogP) is 4.92. The summed E-state index contributed by atoms with van der Waals surface area (Å²) in [5, 5.41) is 20.8. The molecule has 11 heteroatoms. The normalized spacial score (nSPS) is 11.4. The number of aromatic nitrogens is 4. The number of carbonyl (C=O) groups excluding carboxylic acids is 2. The van der Waals surface area contributed by atoms with Gasteiger partial charge in [-0.1, -0.05) is 34.1 Å². The van der Waals surface area contributed by atoms with Crippen molar-refractivity contribution in [3.63, 3.8) is 0 Å². The summed E-state index contributed by atoms with van der Waals surface area (Å²) in [4.78, 5) is 36.9. The molecule has 0 bridgehead atoms. The van der Waals surface area contributed by atoms with Gasteiger partial charge in [0.15, 0.2) is 11.5 Å². The molecule has 34 heavy (non-hydrogen) atoms. The number of pyridine rings is 1. The van der Waals surface area contributed by atoms with Crippen molar-refractivity contribution in [1.29, 1.82) is 0 Å². The van der Waals surface area contributed by atoms with E-state index in [1.807, 2.05) is 6.07 Å². The van der Waals surface area contributed by atoms with Crippen molar-refractivity contribution in [2.45, 2.75) is 0 Å². The number of hydrogen-bond acceptors (Lipinski definition) is 6. The summed E-state index contributed by atoms with van der Waals surface area (Å²) < 4.78 is 2.15. The number of rotatable bonds is 4. The van der Waals surface area contributed by atoms with Crippen LogP contribution in [0, 0.1) is 0 Å². The number of H-pyrrole nitrogens is 1. The number of amides is 2. The molecule has 0 atom stereocenters. The largest absolute Gasteiger partial charge is 0.493 e. The maximum atomic E-state index is 13.0. The molecule has 2 aromatic carbocycles. The lowest BCUT2D eigenvalue weighted by Crippen LogP contribution is -2.32. The van der Waals surface area contributed by atoms with Gasteiger partial charge < -0.3 is 15.4 Å². The zero-order chi connectivity index (χ0) is 23.7. The third kappa shape index (κ3) is 4.04. The summed E-state index contributed by atoms with van der Waals surface area (Å²) in [5.41, 5.74) is 2.48. The highest BCUT2D eigenvalue weighted by atomic mass is 79.9. The van der Waals surface area contributed by atoms with Gasteiger partial charge in [0.2, 0.25) is 5.88 Å². The van der Waals surface area contributed by atoms with Gasteiger partial charge in [0, 0.05) is 16.1 Å². The van der Waals surface area contributed by atoms with E-state index in [1.165, 1.54) is 4.57 Å². The van der Waals surface area contributed by atoms with Gasteiger partial charge in [0.1, 0.15) is 12.2 Å².